The lowest BCUT2D eigenvalue weighted by Gasteiger charge is -2.13. The van der Waals surface area contributed by atoms with Gasteiger partial charge in [0.1, 0.15) is 5.75 Å². The van der Waals surface area contributed by atoms with Crippen molar-refractivity contribution in [2.24, 2.45) is 21.2 Å². The number of nitrogens with one attached hydrogen (secondary N) is 2. The van der Waals surface area contributed by atoms with E-state index in [1.54, 1.807) is 36.7 Å². The summed E-state index contributed by atoms with van der Waals surface area (Å²) >= 11 is 5.64. The van der Waals surface area contributed by atoms with Crippen LogP contribution in [0.3, 0.4) is 0 Å². The molecule has 0 saturated heterocycles. The molecule has 0 aliphatic carbocycles. The highest BCUT2D eigenvalue weighted by atomic mass is 32.2. The smallest absolute Gasteiger partial charge is 0.256 e. The Balaban J connectivity index is 0.000000634. The lowest BCUT2D eigenvalue weighted by molar-refractivity contribution is 0.0965. The van der Waals surface area contributed by atoms with Crippen LogP contribution in [0.15, 0.2) is 111 Å². The summed E-state index contributed by atoms with van der Waals surface area (Å²) in [6.07, 6.45) is 7.01. The van der Waals surface area contributed by atoms with Gasteiger partial charge in [0.2, 0.25) is 0 Å². The maximum Gasteiger partial charge on any atom is 0.256 e. The minimum Gasteiger partial charge on any atom is -0.506 e. The van der Waals surface area contributed by atoms with Crippen LogP contribution in [0.2, 0.25) is 0 Å². The van der Waals surface area contributed by atoms with E-state index in [9.17, 15) is 14.7 Å². The van der Waals surface area contributed by atoms with Gasteiger partial charge in [-0.25, -0.2) is 0 Å². The highest BCUT2D eigenvalue weighted by Crippen LogP contribution is 2.28. The van der Waals surface area contributed by atoms with Crippen LogP contribution < -0.4 is 16.4 Å². The molecule has 5 N–H and O–H groups in total. The molecule has 11 heteroatoms. The predicted molar refractivity (Wildman–Crippen MR) is 196 cm³/mol. The van der Waals surface area contributed by atoms with Crippen LogP contribution in [0.5, 0.6) is 5.75 Å². The van der Waals surface area contributed by atoms with E-state index in [0.29, 0.717) is 16.4 Å². The second-order valence-electron chi connectivity index (χ2n) is 10.1. The van der Waals surface area contributed by atoms with Crippen molar-refractivity contribution in [1.29, 1.82) is 0 Å². The average Bonchev–Trinajstić information content (AvgIpc) is 3.07. The van der Waals surface area contributed by atoms with Crippen LogP contribution in [0.1, 0.15) is 73.6 Å². The number of allylic oxidation sites excluding steroid dienone is 2. The van der Waals surface area contributed by atoms with Crippen molar-refractivity contribution in [3.05, 3.63) is 107 Å². The van der Waals surface area contributed by atoms with Crippen LogP contribution in [-0.2, 0) is 0 Å². The van der Waals surface area contributed by atoms with Crippen LogP contribution in [0.4, 0.5) is 5.69 Å². The first-order valence-corrected chi connectivity index (χ1v) is 16.6. The molecule has 2 amide bonds. The summed E-state index contributed by atoms with van der Waals surface area (Å²) in [5.74, 6) is 0.0833. The topological polar surface area (TPSA) is 142 Å². The molecule has 0 heterocycles. The molecule has 9 nitrogen and oxygen atoms in total. The van der Waals surface area contributed by atoms with Crippen molar-refractivity contribution < 1.29 is 14.7 Å². The van der Waals surface area contributed by atoms with Crippen molar-refractivity contribution in [3.8, 4) is 16.9 Å². The number of aromatic hydroxyl groups is 1. The summed E-state index contributed by atoms with van der Waals surface area (Å²) < 4.78 is 0. The van der Waals surface area contributed by atoms with Crippen molar-refractivity contribution in [1.82, 2.24) is 5.32 Å². The molecule has 3 aromatic carbocycles. The largest absolute Gasteiger partial charge is 0.506 e. The number of amidine groups is 1. The maximum atomic E-state index is 13.1. The molecule has 0 aliphatic heterocycles. The third-order valence-corrected chi connectivity index (χ3v) is 7.69. The van der Waals surface area contributed by atoms with Gasteiger partial charge in [0.15, 0.2) is 5.17 Å². The van der Waals surface area contributed by atoms with Gasteiger partial charge in [-0.15, -0.1) is 5.10 Å². The number of anilines is 1. The molecule has 0 spiro atoms. The Bertz CT molecular complexity index is 1540. The molecule has 0 fully saturated rings. The summed E-state index contributed by atoms with van der Waals surface area (Å²) in [7, 11) is 1.56. The molecule has 3 aromatic rings. The maximum absolute atomic E-state index is 13.1. The first kappa shape index (κ1) is 37.8. The highest BCUT2D eigenvalue weighted by molar-refractivity contribution is 8.13. The van der Waals surface area contributed by atoms with Gasteiger partial charge in [-0.3, -0.25) is 9.59 Å². The molecule has 46 heavy (non-hydrogen) atoms. The number of carbonyl (C=O) groups excluding carboxylic acids is 2. The molecule has 0 atom stereocenters. The summed E-state index contributed by atoms with van der Waals surface area (Å²) in [5, 5.41) is 28.7. The fourth-order valence-electron chi connectivity index (χ4n) is 4.18. The monoisotopic (exact) mass is 660 g/mol. The number of phenolic OH excluding ortho intramolecular Hbond substituents is 1. The van der Waals surface area contributed by atoms with Crippen LogP contribution in [-0.4, -0.2) is 34.9 Å². The Morgan fingerprint density at radius 3 is 2.35 bits per heavy atom. The Kier molecular flexibility index (Phi) is 17.6. The Morgan fingerprint density at radius 1 is 0.978 bits per heavy atom. The number of thiol groups is 1. The molecule has 244 valence electrons. The first-order valence-electron chi connectivity index (χ1n) is 15.1. The Hall–Kier alpha value is -4.35. The number of amides is 2. The number of hydrogen-bond acceptors (Lipinski definition) is 7. The molecule has 0 unspecified atom stereocenters. The van der Waals surface area contributed by atoms with E-state index < -0.39 is 0 Å². The van der Waals surface area contributed by atoms with Crippen molar-refractivity contribution in [3.63, 3.8) is 0 Å². The van der Waals surface area contributed by atoms with Crippen LogP contribution in [0.25, 0.3) is 11.1 Å². The van der Waals surface area contributed by atoms with Gasteiger partial charge >= 0.3 is 0 Å². The molecule has 0 saturated carbocycles. The zero-order chi connectivity index (χ0) is 33.7. The lowest BCUT2D eigenvalue weighted by Crippen LogP contribution is -2.23. The summed E-state index contributed by atoms with van der Waals surface area (Å²) in [4.78, 5) is 25.9. The van der Waals surface area contributed by atoms with E-state index in [4.69, 9.17) is 5.73 Å². The molecule has 3 rings (SSSR count). The quantitative estimate of drug-likeness (QED) is 0.0182. The summed E-state index contributed by atoms with van der Waals surface area (Å²) in [6.45, 7) is 6.22. The highest BCUT2D eigenvalue weighted by Gasteiger charge is 2.16. The molecular weight excluding hydrogens is 617 g/mol. The molecule has 0 aliphatic rings. The van der Waals surface area contributed by atoms with Gasteiger partial charge in [0, 0.05) is 22.6 Å². The number of benzene rings is 3. The van der Waals surface area contributed by atoms with E-state index in [-0.39, 0.29) is 28.8 Å². The fourth-order valence-corrected chi connectivity index (χ4v) is 4.83. The van der Waals surface area contributed by atoms with E-state index >= 15 is 0 Å². The van der Waals surface area contributed by atoms with Crippen molar-refractivity contribution in [2.45, 2.75) is 52.9 Å². The standard InChI is InChI=1S/C30H32N2O3S.C5H12N4S/c1-3-4-6-11-21(2)26(18-19-36)31-29(34)23-16-17-27(28(33)20-23)32-30(35)25-15-10-9-14-24(25)22-12-7-5-8-13-22;1-3-4-10-5(6)8-9-7-2/h5,7-10,12-20,33,36H,3-4,6,11H2,1-2H3,(H,31,34)(H,32,35);3-4H2,1-2H3,(H2,6,7,8)/b19-18-,26-21-;. The number of rotatable bonds is 13. The van der Waals surface area contributed by atoms with Gasteiger partial charge < -0.3 is 21.5 Å². The zero-order valence-electron chi connectivity index (χ0n) is 26.9. The SMILES string of the molecule is CCCCC/C(C)=C(/C=C\S)NC(=O)c1ccc(NC(=O)c2ccccc2-c2ccccc2)c(O)c1.CCCS/C(N)=N/N=NC. The number of thioether (sulfide) groups is 1. The van der Waals surface area contributed by atoms with Crippen LogP contribution in [0, 0.1) is 0 Å². The number of hydrogen-bond donors (Lipinski definition) is 5. The first-order chi connectivity index (χ1) is 22.2. The fraction of sp³-hybridized carbons (Fsp3) is 0.286. The van der Waals surface area contributed by atoms with Gasteiger partial charge in [-0.2, -0.15) is 17.7 Å². The average molecular weight is 661 g/mol. The summed E-state index contributed by atoms with van der Waals surface area (Å²) in [6, 6.07) is 21.4. The second-order valence-corrected chi connectivity index (χ2v) is 11.5. The molecule has 0 aromatic heterocycles. The van der Waals surface area contributed by atoms with E-state index in [1.807, 2.05) is 49.4 Å². The van der Waals surface area contributed by atoms with Crippen LogP contribution >= 0.6 is 24.4 Å². The third-order valence-electron chi connectivity index (χ3n) is 6.56. The lowest BCUT2D eigenvalue weighted by atomic mass is 9.99. The van der Waals surface area contributed by atoms with Gasteiger partial charge in [-0.05, 0) is 83.9 Å². The number of nitrogens with two attached hydrogens (primary N) is 1. The van der Waals surface area contributed by atoms with Gasteiger partial charge in [-0.1, -0.05) is 87.0 Å². The van der Waals surface area contributed by atoms with Gasteiger partial charge in [0.25, 0.3) is 11.8 Å². The number of unbranched alkanes of at least 4 members (excludes halogenated alkanes) is 2. The van der Waals surface area contributed by atoms with Crippen molar-refractivity contribution in [2.75, 3.05) is 18.1 Å². The molecule has 0 radical (unpaired) electrons. The minimum atomic E-state index is -0.353. The minimum absolute atomic E-state index is 0.192. The van der Waals surface area contributed by atoms with Gasteiger partial charge in [0.05, 0.1) is 12.7 Å². The van der Waals surface area contributed by atoms with E-state index in [0.717, 1.165) is 54.6 Å². The van der Waals surface area contributed by atoms with E-state index in [2.05, 4.69) is 52.5 Å². The summed E-state index contributed by atoms with van der Waals surface area (Å²) in [5.41, 5.74) is 9.86. The van der Waals surface area contributed by atoms with E-state index in [1.165, 1.54) is 23.9 Å². The number of nitrogens with zero attached hydrogens (tertiary/aromatic N) is 3. The molecule has 0 bridgehead atoms. The second kappa shape index (κ2) is 21.4. The zero-order valence-corrected chi connectivity index (χ0v) is 28.6. The Labute approximate surface area is 282 Å². The number of phenols is 1. The third kappa shape index (κ3) is 12.9. The normalized spacial score (nSPS) is 12.0. The Morgan fingerprint density at radius 2 is 1.70 bits per heavy atom. The molecular formula is C35H44N6O3S2. The predicted octanol–water partition coefficient (Wildman–Crippen LogP) is 8.78. The number of carbonyl (C=O) groups is 2. The van der Waals surface area contributed by atoms with Crippen molar-refractivity contribution >= 4 is 47.1 Å².